The number of nitrogens with two attached hydrogens (primary N) is 1. The van der Waals surface area contributed by atoms with Gasteiger partial charge >= 0.3 is 0 Å². The molecular weight excluding hydrogens is 228 g/mol. The smallest absolute Gasteiger partial charge is 0.294 e. The van der Waals surface area contributed by atoms with Crippen LogP contribution in [-0.4, -0.2) is 12.5 Å². The highest BCUT2D eigenvalue weighted by atomic mass is 16.3. The first-order chi connectivity index (χ1) is 8.66. The molecule has 4 heteroatoms. The Hall–Kier alpha value is -2.23. The number of anilines is 2. The highest BCUT2D eigenvalue weighted by molar-refractivity contribution is 6.06. The van der Waals surface area contributed by atoms with Crippen LogP contribution in [0.1, 0.15) is 21.7 Å². The molecule has 1 aliphatic rings. The minimum absolute atomic E-state index is 0.0824. The second-order valence-corrected chi connectivity index (χ2v) is 4.53. The molecule has 0 unspecified atom stereocenters. The molecule has 0 saturated carbocycles. The summed E-state index contributed by atoms with van der Waals surface area (Å²) < 4.78 is 5.26. The molecule has 2 heterocycles. The van der Waals surface area contributed by atoms with Crippen molar-refractivity contribution in [3.8, 4) is 0 Å². The van der Waals surface area contributed by atoms with Crippen LogP contribution in [0.3, 0.4) is 0 Å². The van der Waals surface area contributed by atoms with E-state index in [1.807, 2.05) is 25.1 Å². The number of nitrogen functional groups attached to an aromatic ring is 1. The first-order valence-electron chi connectivity index (χ1n) is 5.91. The lowest BCUT2D eigenvalue weighted by Crippen LogP contribution is -2.29. The molecule has 1 amide bonds. The van der Waals surface area contributed by atoms with E-state index in [2.05, 4.69) is 0 Å². The van der Waals surface area contributed by atoms with Gasteiger partial charge in [-0.3, -0.25) is 4.79 Å². The van der Waals surface area contributed by atoms with Crippen LogP contribution in [0.2, 0.25) is 0 Å². The van der Waals surface area contributed by atoms with Crippen LogP contribution in [-0.2, 0) is 6.42 Å². The van der Waals surface area contributed by atoms with Gasteiger partial charge in [-0.1, -0.05) is 0 Å². The van der Waals surface area contributed by atoms with Gasteiger partial charge in [-0.2, -0.15) is 0 Å². The fraction of sp³-hybridized carbons (Fsp3) is 0.214. The molecule has 2 aromatic rings. The molecule has 1 aliphatic heterocycles. The number of hydrogen-bond donors (Lipinski definition) is 1. The maximum atomic E-state index is 12.4. The van der Waals surface area contributed by atoms with Gasteiger partial charge in [0.25, 0.3) is 5.91 Å². The molecule has 0 spiro atoms. The van der Waals surface area contributed by atoms with Crippen molar-refractivity contribution in [1.29, 1.82) is 0 Å². The zero-order valence-corrected chi connectivity index (χ0v) is 10.1. The van der Waals surface area contributed by atoms with Crippen LogP contribution in [0.4, 0.5) is 11.4 Å². The van der Waals surface area contributed by atoms with Crippen molar-refractivity contribution in [2.75, 3.05) is 17.2 Å². The van der Waals surface area contributed by atoms with Gasteiger partial charge in [0.05, 0.1) is 6.26 Å². The maximum absolute atomic E-state index is 12.4. The molecule has 2 N–H and O–H groups in total. The van der Waals surface area contributed by atoms with E-state index in [-0.39, 0.29) is 5.91 Å². The van der Waals surface area contributed by atoms with Gasteiger partial charge in [-0.05, 0) is 43.2 Å². The van der Waals surface area contributed by atoms with Crippen molar-refractivity contribution in [3.05, 3.63) is 47.4 Å². The summed E-state index contributed by atoms with van der Waals surface area (Å²) in [5.41, 5.74) is 9.40. The average Bonchev–Trinajstić information content (AvgIpc) is 2.94. The molecule has 0 atom stereocenters. The summed E-state index contributed by atoms with van der Waals surface area (Å²) in [4.78, 5) is 14.1. The molecule has 0 aliphatic carbocycles. The van der Waals surface area contributed by atoms with Crippen molar-refractivity contribution in [2.24, 2.45) is 0 Å². The first kappa shape index (κ1) is 10.9. The van der Waals surface area contributed by atoms with Gasteiger partial charge in [-0.25, -0.2) is 0 Å². The summed E-state index contributed by atoms with van der Waals surface area (Å²) in [5.74, 6) is 0.334. The Bertz CT molecular complexity index is 616. The van der Waals surface area contributed by atoms with E-state index in [1.165, 1.54) is 0 Å². The molecule has 0 radical (unpaired) electrons. The van der Waals surface area contributed by atoms with E-state index in [1.54, 1.807) is 17.2 Å². The number of hydrogen-bond acceptors (Lipinski definition) is 3. The molecule has 1 aromatic heterocycles. The lowest BCUT2D eigenvalue weighted by Gasteiger charge is -2.16. The fourth-order valence-electron chi connectivity index (χ4n) is 2.35. The second-order valence-electron chi connectivity index (χ2n) is 4.53. The molecule has 92 valence electrons. The van der Waals surface area contributed by atoms with Crippen molar-refractivity contribution < 1.29 is 9.21 Å². The predicted octanol–water partition coefficient (Wildman–Crippen LogP) is 2.37. The first-order valence-corrected chi connectivity index (χ1v) is 5.91. The molecule has 4 nitrogen and oxygen atoms in total. The number of amides is 1. The summed E-state index contributed by atoms with van der Waals surface area (Å²) in [6.07, 6.45) is 2.38. The normalized spacial score (nSPS) is 13.7. The molecular formula is C14H14N2O2. The Morgan fingerprint density at radius 2 is 2.22 bits per heavy atom. The number of furan rings is 1. The number of carbonyl (C=O) groups is 1. The lowest BCUT2D eigenvalue weighted by molar-refractivity contribution is 0.0962. The summed E-state index contributed by atoms with van der Waals surface area (Å²) >= 11 is 0. The van der Waals surface area contributed by atoms with E-state index >= 15 is 0 Å². The van der Waals surface area contributed by atoms with E-state index in [0.717, 1.165) is 28.9 Å². The Kier molecular flexibility index (Phi) is 2.37. The summed E-state index contributed by atoms with van der Waals surface area (Å²) in [7, 11) is 0. The number of aryl methyl sites for hydroxylation is 1. The fourth-order valence-corrected chi connectivity index (χ4v) is 2.35. The SMILES string of the molecule is Cc1ccoc1C(=O)N1CCc2cc(N)ccc21. The number of fused-ring (bicyclic) bond motifs is 1. The van der Waals surface area contributed by atoms with Crippen LogP contribution in [0.15, 0.2) is 34.9 Å². The van der Waals surface area contributed by atoms with Crippen LogP contribution in [0, 0.1) is 6.92 Å². The zero-order chi connectivity index (χ0) is 12.7. The highest BCUT2D eigenvalue weighted by Crippen LogP contribution is 2.31. The van der Waals surface area contributed by atoms with Gasteiger partial charge in [-0.15, -0.1) is 0 Å². The van der Waals surface area contributed by atoms with E-state index < -0.39 is 0 Å². The van der Waals surface area contributed by atoms with Crippen LogP contribution >= 0.6 is 0 Å². The third kappa shape index (κ3) is 1.57. The largest absolute Gasteiger partial charge is 0.459 e. The Morgan fingerprint density at radius 3 is 2.94 bits per heavy atom. The molecule has 0 saturated heterocycles. The van der Waals surface area contributed by atoms with Crippen molar-refractivity contribution in [3.63, 3.8) is 0 Å². The van der Waals surface area contributed by atoms with E-state index in [0.29, 0.717) is 12.3 Å². The minimum Gasteiger partial charge on any atom is -0.459 e. The van der Waals surface area contributed by atoms with Crippen molar-refractivity contribution >= 4 is 17.3 Å². The third-order valence-electron chi connectivity index (χ3n) is 3.30. The van der Waals surface area contributed by atoms with Gasteiger partial charge in [0.2, 0.25) is 0 Å². The quantitative estimate of drug-likeness (QED) is 0.781. The van der Waals surface area contributed by atoms with Gasteiger partial charge in [0.15, 0.2) is 5.76 Å². The minimum atomic E-state index is -0.0824. The third-order valence-corrected chi connectivity index (χ3v) is 3.30. The van der Waals surface area contributed by atoms with Crippen LogP contribution in [0.25, 0.3) is 0 Å². The lowest BCUT2D eigenvalue weighted by atomic mass is 10.1. The maximum Gasteiger partial charge on any atom is 0.294 e. The van der Waals surface area contributed by atoms with Gasteiger partial charge in [0.1, 0.15) is 0 Å². The Morgan fingerprint density at radius 1 is 1.39 bits per heavy atom. The van der Waals surface area contributed by atoms with Crippen LogP contribution < -0.4 is 10.6 Å². The number of nitrogens with zero attached hydrogens (tertiary/aromatic N) is 1. The Labute approximate surface area is 105 Å². The molecule has 0 bridgehead atoms. The van der Waals surface area contributed by atoms with Gasteiger partial charge in [0, 0.05) is 23.5 Å². The second kappa shape index (κ2) is 3.91. The summed E-state index contributed by atoms with van der Waals surface area (Å²) in [6.45, 7) is 2.55. The molecule has 0 fully saturated rings. The number of carbonyl (C=O) groups excluding carboxylic acids is 1. The topological polar surface area (TPSA) is 59.5 Å². The average molecular weight is 242 g/mol. The standard InChI is InChI=1S/C14H14N2O2/c1-9-5-7-18-13(9)14(17)16-6-4-10-8-11(15)2-3-12(10)16/h2-3,5,7-8H,4,6,15H2,1H3. The number of benzene rings is 1. The summed E-state index contributed by atoms with van der Waals surface area (Å²) in [6, 6.07) is 7.44. The zero-order valence-electron chi connectivity index (χ0n) is 10.1. The molecule has 1 aromatic carbocycles. The van der Waals surface area contributed by atoms with E-state index in [4.69, 9.17) is 10.2 Å². The van der Waals surface area contributed by atoms with Crippen molar-refractivity contribution in [2.45, 2.75) is 13.3 Å². The predicted molar refractivity (Wildman–Crippen MR) is 69.7 cm³/mol. The Balaban J connectivity index is 1.98. The number of rotatable bonds is 1. The summed E-state index contributed by atoms with van der Waals surface area (Å²) in [5, 5.41) is 0. The van der Waals surface area contributed by atoms with Crippen molar-refractivity contribution in [1.82, 2.24) is 0 Å². The van der Waals surface area contributed by atoms with E-state index in [9.17, 15) is 4.79 Å². The molecule has 3 rings (SSSR count). The highest BCUT2D eigenvalue weighted by Gasteiger charge is 2.28. The monoisotopic (exact) mass is 242 g/mol. The molecule has 18 heavy (non-hydrogen) atoms. The van der Waals surface area contributed by atoms with Crippen LogP contribution in [0.5, 0.6) is 0 Å². The van der Waals surface area contributed by atoms with Gasteiger partial charge < -0.3 is 15.1 Å².